The number of allylic oxidation sites excluding steroid dienone is 1. The predicted molar refractivity (Wildman–Crippen MR) is 133 cm³/mol. The van der Waals surface area contributed by atoms with Gasteiger partial charge >= 0.3 is 0 Å². The van der Waals surface area contributed by atoms with Gasteiger partial charge in [-0.05, 0) is 66.6 Å². The minimum absolute atomic E-state index is 0.533. The third kappa shape index (κ3) is 3.79. The molecule has 1 aromatic heterocycles. The predicted octanol–water partition coefficient (Wildman–Crippen LogP) is 6.58. The largest absolute Gasteiger partial charge is 0.465 e. The SMILES string of the molecule is CCOc1nc2c(Cl)cccc2n1Cc1ccc2c(c1)CCc1ccccc1/C2=C(/C)C#N. The molecule has 0 saturated carbocycles. The summed E-state index contributed by atoms with van der Waals surface area (Å²) in [5, 5.41) is 10.3. The lowest BCUT2D eigenvalue weighted by Gasteiger charge is -2.15. The minimum Gasteiger partial charge on any atom is -0.465 e. The smallest absolute Gasteiger partial charge is 0.297 e. The van der Waals surface area contributed by atoms with Crippen molar-refractivity contribution in [3.05, 3.63) is 99.1 Å². The Morgan fingerprint density at radius 3 is 2.67 bits per heavy atom. The van der Waals surface area contributed by atoms with Crippen LogP contribution in [0.2, 0.25) is 5.02 Å². The molecule has 0 spiro atoms. The molecule has 0 amide bonds. The van der Waals surface area contributed by atoms with Crippen molar-refractivity contribution in [3.63, 3.8) is 0 Å². The summed E-state index contributed by atoms with van der Waals surface area (Å²) < 4.78 is 7.92. The first-order valence-electron chi connectivity index (χ1n) is 11.2. The monoisotopic (exact) mass is 453 g/mol. The first-order chi connectivity index (χ1) is 16.1. The van der Waals surface area contributed by atoms with E-state index in [1.807, 2.05) is 38.1 Å². The maximum atomic E-state index is 9.72. The Kier molecular flexibility index (Phi) is 5.66. The highest BCUT2D eigenvalue weighted by Crippen LogP contribution is 2.36. The number of hydrogen-bond donors (Lipinski definition) is 0. The Labute approximate surface area is 198 Å². The molecular formula is C28H24ClN3O. The van der Waals surface area contributed by atoms with Crippen LogP contribution in [0.25, 0.3) is 16.6 Å². The summed E-state index contributed by atoms with van der Waals surface area (Å²) in [6.45, 7) is 5.02. The van der Waals surface area contributed by atoms with Crippen LogP contribution in [0, 0.1) is 11.3 Å². The average Bonchev–Trinajstić information content (AvgIpc) is 3.08. The number of rotatable bonds is 4. The third-order valence-electron chi connectivity index (χ3n) is 6.24. The number of aromatic nitrogens is 2. The number of imidazole rings is 1. The van der Waals surface area contributed by atoms with Gasteiger partial charge in [0.2, 0.25) is 0 Å². The van der Waals surface area contributed by atoms with Gasteiger partial charge in [0.1, 0.15) is 5.52 Å². The molecule has 1 aliphatic carbocycles. The second-order valence-corrected chi connectivity index (χ2v) is 8.69. The Hall–Kier alpha value is -3.55. The molecule has 0 N–H and O–H groups in total. The van der Waals surface area contributed by atoms with Crippen LogP contribution in [-0.4, -0.2) is 16.2 Å². The molecule has 0 unspecified atom stereocenters. The number of para-hydroxylation sites is 1. The number of benzene rings is 3. The molecule has 3 aromatic carbocycles. The summed E-state index contributed by atoms with van der Waals surface area (Å²) in [5.41, 5.74) is 9.51. The van der Waals surface area contributed by atoms with Crippen LogP contribution < -0.4 is 4.74 Å². The number of fused-ring (bicyclic) bond motifs is 3. The van der Waals surface area contributed by atoms with Gasteiger partial charge in [0.25, 0.3) is 6.01 Å². The zero-order valence-corrected chi connectivity index (χ0v) is 19.5. The highest BCUT2D eigenvalue weighted by Gasteiger charge is 2.21. The first-order valence-corrected chi connectivity index (χ1v) is 11.6. The van der Waals surface area contributed by atoms with Crippen molar-refractivity contribution in [2.45, 2.75) is 33.2 Å². The average molecular weight is 454 g/mol. The van der Waals surface area contributed by atoms with Gasteiger partial charge in [-0.25, -0.2) is 0 Å². The number of halogens is 1. The van der Waals surface area contributed by atoms with Crippen LogP contribution in [-0.2, 0) is 19.4 Å². The molecule has 0 radical (unpaired) electrons. The molecule has 4 aromatic rings. The van der Waals surface area contributed by atoms with Gasteiger partial charge in [-0.1, -0.05) is 60.1 Å². The summed E-state index contributed by atoms with van der Waals surface area (Å²) in [6.07, 6.45) is 1.87. The molecule has 5 rings (SSSR count). The number of ether oxygens (including phenoxy) is 1. The summed E-state index contributed by atoms with van der Waals surface area (Å²) in [4.78, 5) is 4.64. The zero-order chi connectivity index (χ0) is 22.9. The summed E-state index contributed by atoms with van der Waals surface area (Å²) in [5.74, 6) is 0. The van der Waals surface area contributed by atoms with Crippen molar-refractivity contribution in [3.8, 4) is 12.1 Å². The van der Waals surface area contributed by atoms with Crippen LogP contribution >= 0.6 is 11.6 Å². The normalized spacial score (nSPS) is 14.2. The van der Waals surface area contributed by atoms with E-state index in [-0.39, 0.29) is 0 Å². The van der Waals surface area contributed by atoms with Crippen molar-refractivity contribution in [1.29, 1.82) is 5.26 Å². The van der Waals surface area contributed by atoms with E-state index in [9.17, 15) is 5.26 Å². The van der Waals surface area contributed by atoms with Crippen molar-refractivity contribution in [2.24, 2.45) is 0 Å². The fourth-order valence-corrected chi connectivity index (χ4v) is 4.93. The minimum atomic E-state index is 0.533. The van der Waals surface area contributed by atoms with E-state index in [0.717, 1.165) is 51.7 Å². The maximum absolute atomic E-state index is 9.72. The van der Waals surface area contributed by atoms with Gasteiger partial charge in [0, 0.05) is 11.1 Å². The lowest BCUT2D eigenvalue weighted by Crippen LogP contribution is -2.06. The molecule has 1 heterocycles. The van der Waals surface area contributed by atoms with Crippen LogP contribution in [0.5, 0.6) is 6.01 Å². The second kappa shape index (κ2) is 8.77. The van der Waals surface area contributed by atoms with E-state index >= 15 is 0 Å². The molecule has 164 valence electrons. The van der Waals surface area contributed by atoms with Crippen LogP contribution in [0.1, 0.15) is 41.7 Å². The molecular weight excluding hydrogens is 430 g/mol. The van der Waals surface area contributed by atoms with E-state index in [2.05, 4.69) is 52.0 Å². The van der Waals surface area contributed by atoms with Gasteiger partial charge < -0.3 is 4.74 Å². The van der Waals surface area contributed by atoms with Gasteiger partial charge in [0.05, 0.1) is 29.8 Å². The van der Waals surface area contributed by atoms with E-state index in [4.69, 9.17) is 16.3 Å². The van der Waals surface area contributed by atoms with E-state index in [1.54, 1.807) is 0 Å². The molecule has 0 atom stereocenters. The topological polar surface area (TPSA) is 50.8 Å². The van der Waals surface area contributed by atoms with E-state index in [0.29, 0.717) is 24.2 Å². The Morgan fingerprint density at radius 2 is 1.85 bits per heavy atom. The summed E-state index contributed by atoms with van der Waals surface area (Å²) >= 11 is 6.40. The van der Waals surface area contributed by atoms with Crippen LogP contribution in [0.4, 0.5) is 0 Å². The highest BCUT2D eigenvalue weighted by molar-refractivity contribution is 6.34. The zero-order valence-electron chi connectivity index (χ0n) is 18.7. The molecule has 5 heteroatoms. The van der Waals surface area contributed by atoms with E-state index < -0.39 is 0 Å². The number of nitrogens with zero attached hydrogens (tertiary/aromatic N) is 3. The van der Waals surface area contributed by atoms with E-state index in [1.165, 1.54) is 11.1 Å². The Bertz CT molecular complexity index is 1440. The number of aryl methyl sites for hydroxylation is 2. The van der Waals surface area contributed by atoms with Gasteiger partial charge in [-0.15, -0.1) is 0 Å². The fourth-order valence-electron chi connectivity index (χ4n) is 4.72. The fraction of sp³-hybridized carbons (Fsp3) is 0.214. The quantitative estimate of drug-likeness (QED) is 0.328. The van der Waals surface area contributed by atoms with Crippen LogP contribution in [0.3, 0.4) is 0 Å². The lowest BCUT2D eigenvalue weighted by molar-refractivity contribution is 0.301. The molecule has 0 bridgehead atoms. The van der Waals surface area contributed by atoms with Gasteiger partial charge in [-0.3, -0.25) is 4.57 Å². The Morgan fingerprint density at radius 1 is 1.06 bits per heavy atom. The summed E-state index contributed by atoms with van der Waals surface area (Å²) in [6, 6.07) is 23.8. The molecule has 33 heavy (non-hydrogen) atoms. The number of hydrogen-bond acceptors (Lipinski definition) is 3. The van der Waals surface area contributed by atoms with Crippen molar-refractivity contribution >= 4 is 28.2 Å². The third-order valence-corrected chi connectivity index (χ3v) is 6.55. The van der Waals surface area contributed by atoms with Gasteiger partial charge in [0.15, 0.2) is 0 Å². The molecule has 1 aliphatic rings. The molecule has 0 aliphatic heterocycles. The maximum Gasteiger partial charge on any atom is 0.297 e. The lowest BCUT2D eigenvalue weighted by atomic mass is 9.90. The summed E-state index contributed by atoms with van der Waals surface area (Å²) in [7, 11) is 0. The standard InChI is InChI=1S/C28H24ClN3O/c1-3-33-28-31-27-24(29)9-6-10-25(27)32(28)17-19-11-14-23-21(15-19)13-12-20-7-4-5-8-22(20)26(23)18(2)16-30/h4-11,14-15H,3,12-13,17H2,1-2H3/b26-18+. The Balaban J connectivity index is 1.60. The molecule has 0 fully saturated rings. The molecule has 4 nitrogen and oxygen atoms in total. The highest BCUT2D eigenvalue weighted by atomic mass is 35.5. The van der Waals surface area contributed by atoms with Crippen LogP contribution in [0.15, 0.2) is 66.2 Å². The van der Waals surface area contributed by atoms with Crippen molar-refractivity contribution in [1.82, 2.24) is 9.55 Å². The van der Waals surface area contributed by atoms with Crippen molar-refractivity contribution in [2.75, 3.05) is 6.61 Å². The first kappa shape index (κ1) is 21.3. The van der Waals surface area contributed by atoms with Crippen molar-refractivity contribution < 1.29 is 4.74 Å². The second-order valence-electron chi connectivity index (χ2n) is 8.28. The van der Waals surface area contributed by atoms with Gasteiger partial charge in [-0.2, -0.15) is 10.2 Å². The molecule has 0 saturated heterocycles. The number of nitriles is 1.